The molecular weight excluding hydrogens is 292 g/mol. The number of sulfone groups is 1. The van der Waals surface area contributed by atoms with Gasteiger partial charge in [0.25, 0.3) is 0 Å². The lowest BCUT2D eigenvalue weighted by Gasteiger charge is -2.10. The zero-order chi connectivity index (χ0) is 14.5. The Morgan fingerprint density at radius 1 is 1.53 bits per heavy atom. The summed E-state index contributed by atoms with van der Waals surface area (Å²) in [4.78, 5) is 0. The topological polar surface area (TPSA) is 102 Å². The number of nitrogens with zero attached hydrogens (tertiary/aromatic N) is 1. The first-order valence-electron chi connectivity index (χ1n) is 5.41. The molecule has 6 nitrogen and oxygen atoms in total. The van der Waals surface area contributed by atoms with Crippen molar-refractivity contribution in [3.05, 3.63) is 28.8 Å². The van der Waals surface area contributed by atoms with Crippen molar-refractivity contribution in [2.24, 2.45) is 10.9 Å². The Morgan fingerprint density at radius 3 is 2.79 bits per heavy atom. The molecule has 0 aliphatic heterocycles. The second-order valence-electron chi connectivity index (χ2n) is 3.96. The van der Waals surface area contributed by atoms with E-state index in [-0.39, 0.29) is 18.2 Å². The van der Waals surface area contributed by atoms with Crippen LogP contribution in [0, 0.1) is 0 Å². The van der Waals surface area contributed by atoms with Crippen molar-refractivity contribution >= 4 is 27.3 Å². The minimum absolute atomic E-state index is 0.0342. The van der Waals surface area contributed by atoms with E-state index in [4.69, 9.17) is 27.3 Å². The molecule has 0 aromatic heterocycles. The Balaban J connectivity index is 2.74. The summed E-state index contributed by atoms with van der Waals surface area (Å²) in [7, 11) is -3.01. The van der Waals surface area contributed by atoms with E-state index in [1.165, 1.54) is 6.07 Å². The molecule has 0 bridgehead atoms. The van der Waals surface area contributed by atoms with E-state index in [9.17, 15) is 8.42 Å². The van der Waals surface area contributed by atoms with E-state index >= 15 is 0 Å². The third-order valence-electron chi connectivity index (χ3n) is 2.24. The molecular formula is C11H15ClN2O4S. The highest BCUT2D eigenvalue weighted by Gasteiger charge is 2.10. The fraction of sp³-hybridized carbons (Fsp3) is 0.364. The summed E-state index contributed by atoms with van der Waals surface area (Å²) in [5, 5.41) is 12.0. The van der Waals surface area contributed by atoms with Gasteiger partial charge in [-0.3, -0.25) is 0 Å². The van der Waals surface area contributed by atoms with Gasteiger partial charge in [-0.1, -0.05) is 16.8 Å². The summed E-state index contributed by atoms with van der Waals surface area (Å²) in [6.45, 7) is 0.194. The SMILES string of the molecule is CS(=O)(=O)CCCOc1cc(Cl)ccc1/C(N)=N/O. The number of amidine groups is 1. The van der Waals surface area contributed by atoms with Gasteiger partial charge in [0, 0.05) is 11.3 Å². The zero-order valence-corrected chi connectivity index (χ0v) is 11.9. The minimum Gasteiger partial charge on any atom is -0.493 e. The van der Waals surface area contributed by atoms with E-state index in [1.807, 2.05) is 0 Å². The largest absolute Gasteiger partial charge is 0.493 e. The van der Waals surface area contributed by atoms with Crippen LogP contribution in [0.25, 0.3) is 0 Å². The summed E-state index contributed by atoms with van der Waals surface area (Å²) in [5.74, 6) is 0.276. The average molecular weight is 307 g/mol. The smallest absolute Gasteiger partial charge is 0.173 e. The van der Waals surface area contributed by atoms with Crippen LogP contribution < -0.4 is 10.5 Å². The molecule has 0 aliphatic carbocycles. The first-order valence-corrected chi connectivity index (χ1v) is 7.85. The number of hydrogen-bond acceptors (Lipinski definition) is 5. The van der Waals surface area contributed by atoms with E-state index in [1.54, 1.807) is 12.1 Å². The Morgan fingerprint density at radius 2 is 2.21 bits per heavy atom. The number of ether oxygens (including phenoxy) is 1. The Kier molecular flexibility index (Phi) is 5.44. The Labute approximate surface area is 116 Å². The maximum atomic E-state index is 11.0. The number of rotatable bonds is 6. The monoisotopic (exact) mass is 306 g/mol. The van der Waals surface area contributed by atoms with Crippen molar-refractivity contribution in [1.29, 1.82) is 0 Å². The van der Waals surface area contributed by atoms with E-state index in [2.05, 4.69) is 5.16 Å². The molecule has 0 amide bonds. The first-order chi connectivity index (χ1) is 8.83. The molecule has 0 atom stereocenters. The normalized spacial score (nSPS) is 12.4. The first kappa shape index (κ1) is 15.6. The number of halogens is 1. The van der Waals surface area contributed by atoms with Gasteiger partial charge in [-0.05, 0) is 24.6 Å². The van der Waals surface area contributed by atoms with Gasteiger partial charge in [-0.25, -0.2) is 8.42 Å². The lowest BCUT2D eigenvalue weighted by molar-refractivity contribution is 0.312. The number of benzene rings is 1. The lowest BCUT2D eigenvalue weighted by atomic mass is 10.2. The van der Waals surface area contributed by atoms with Crippen molar-refractivity contribution in [3.8, 4) is 5.75 Å². The molecule has 19 heavy (non-hydrogen) atoms. The van der Waals surface area contributed by atoms with Gasteiger partial charge in [-0.2, -0.15) is 0 Å². The molecule has 0 heterocycles. The van der Waals surface area contributed by atoms with Crippen LogP contribution in [-0.2, 0) is 9.84 Å². The van der Waals surface area contributed by atoms with Crippen molar-refractivity contribution in [3.63, 3.8) is 0 Å². The van der Waals surface area contributed by atoms with Crippen molar-refractivity contribution < 1.29 is 18.4 Å². The van der Waals surface area contributed by atoms with Gasteiger partial charge in [0.05, 0.1) is 17.9 Å². The van der Waals surface area contributed by atoms with Crippen molar-refractivity contribution in [2.45, 2.75) is 6.42 Å². The van der Waals surface area contributed by atoms with Crippen LogP contribution in [0.2, 0.25) is 5.02 Å². The predicted octanol–water partition coefficient (Wildman–Crippen LogP) is 1.25. The highest BCUT2D eigenvalue weighted by molar-refractivity contribution is 7.90. The molecule has 3 N–H and O–H groups in total. The van der Waals surface area contributed by atoms with Crippen LogP contribution in [-0.4, -0.2) is 38.1 Å². The van der Waals surface area contributed by atoms with Crippen LogP contribution in [0.5, 0.6) is 5.75 Å². The minimum atomic E-state index is -3.01. The lowest BCUT2D eigenvalue weighted by Crippen LogP contribution is -2.15. The predicted molar refractivity (Wildman–Crippen MR) is 73.8 cm³/mol. The molecule has 0 spiro atoms. The van der Waals surface area contributed by atoms with Crippen LogP contribution >= 0.6 is 11.6 Å². The van der Waals surface area contributed by atoms with Gasteiger partial charge < -0.3 is 15.7 Å². The standard InChI is InChI=1S/C11H15ClN2O4S/c1-19(16,17)6-2-5-18-10-7-8(12)3-4-9(10)11(13)14-15/h3-4,7,15H,2,5-6H2,1H3,(H2,13,14). The average Bonchev–Trinajstić information content (AvgIpc) is 2.33. The third kappa shape index (κ3) is 5.35. The van der Waals surface area contributed by atoms with Gasteiger partial charge >= 0.3 is 0 Å². The third-order valence-corrected chi connectivity index (χ3v) is 3.51. The summed E-state index contributed by atoms with van der Waals surface area (Å²) >= 11 is 5.83. The molecule has 0 fully saturated rings. The summed E-state index contributed by atoms with van der Waals surface area (Å²) in [5.41, 5.74) is 5.89. The number of oxime groups is 1. The Hall–Kier alpha value is -1.47. The highest BCUT2D eigenvalue weighted by Crippen LogP contribution is 2.23. The van der Waals surface area contributed by atoms with E-state index < -0.39 is 9.84 Å². The molecule has 0 unspecified atom stereocenters. The molecule has 0 aliphatic rings. The molecule has 0 saturated carbocycles. The van der Waals surface area contributed by atoms with E-state index in [0.717, 1.165) is 6.26 Å². The fourth-order valence-corrected chi connectivity index (χ4v) is 2.19. The summed E-state index contributed by atoms with van der Waals surface area (Å²) in [6, 6.07) is 4.66. The van der Waals surface area contributed by atoms with Gasteiger partial charge in [0.2, 0.25) is 0 Å². The van der Waals surface area contributed by atoms with Gasteiger partial charge in [-0.15, -0.1) is 0 Å². The van der Waals surface area contributed by atoms with Gasteiger partial charge in [0.15, 0.2) is 5.84 Å². The second kappa shape index (κ2) is 6.63. The molecule has 8 heteroatoms. The quantitative estimate of drug-likeness (QED) is 0.271. The van der Waals surface area contributed by atoms with Crippen LogP contribution in [0.1, 0.15) is 12.0 Å². The maximum absolute atomic E-state index is 11.0. The van der Waals surface area contributed by atoms with Crippen molar-refractivity contribution in [2.75, 3.05) is 18.6 Å². The van der Waals surface area contributed by atoms with Gasteiger partial charge in [0.1, 0.15) is 15.6 Å². The van der Waals surface area contributed by atoms with Crippen molar-refractivity contribution in [1.82, 2.24) is 0 Å². The van der Waals surface area contributed by atoms with Crippen LogP contribution in [0.15, 0.2) is 23.4 Å². The summed E-state index contributed by atoms with van der Waals surface area (Å²) < 4.78 is 27.4. The zero-order valence-electron chi connectivity index (χ0n) is 10.3. The molecule has 106 valence electrons. The van der Waals surface area contributed by atoms with Crippen LogP contribution in [0.4, 0.5) is 0 Å². The molecule has 0 saturated heterocycles. The molecule has 1 rings (SSSR count). The Bertz CT molecular complexity index is 572. The molecule has 0 radical (unpaired) electrons. The molecule has 1 aromatic rings. The maximum Gasteiger partial charge on any atom is 0.173 e. The van der Waals surface area contributed by atoms with Crippen LogP contribution in [0.3, 0.4) is 0 Å². The number of hydrogen-bond donors (Lipinski definition) is 2. The fourth-order valence-electron chi connectivity index (χ4n) is 1.38. The highest BCUT2D eigenvalue weighted by atomic mass is 35.5. The molecule has 1 aromatic carbocycles. The summed E-state index contributed by atoms with van der Waals surface area (Å²) in [6.07, 6.45) is 1.51. The second-order valence-corrected chi connectivity index (χ2v) is 6.65. The van der Waals surface area contributed by atoms with E-state index in [0.29, 0.717) is 22.8 Å². The number of nitrogens with two attached hydrogens (primary N) is 1.